The van der Waals surface area contributed by atoms with Gasteiger partial charge in [0, 0.05) is 36.0 Å². The lowest BCUT2D eigenvalue weighted by Gasteiger charge is -2.16. The number of amides is 1. The molecule has 2 aromatic rings. The molecule has 0 saturated carbocycles. The molecule has 1 unspecified atom stereocenters. The van der Waals surface area contributed by atoms with Gasteiger partial charge in [-0.05, 0) is 43.7 Å². The molecule has 0 aliphatic rings. The van der Waals surface area contributed by atoms with Crippen molar-refractivity contribution in [3.8, 4) is 5.75 Å². The minimum Gasteiger partial charge on any atom is -0.493 e. The predicted molar refractivity (Wildman–Crippen MR) is 93.5 cm³/mol. The first kappa shape index (κ1) is 18.2. The molecule has 0 radical (unpaired) electrons. The van der Waals surface area contributed by atoms with E-state index in [-0.39, 0.29) is 18.4 Å². The average Bonchev–Trinajstić information content (AvgIpc) is 2.59. The fourth-order valence-corrected chi connectivity index (χ4v) is 2.47. The Bertz CT molecular complexity index is 665. The number of benzene rings is 1. The minimum atomic E-state index is -0.255. The molecule has 1 aromatic heterocycles. The first-order chi connectivity index (χ1) is 11.6. The van der Waals surface area contributed by atoms with Crippen molar-refractivity contribution in [1.82, 2.24) is 10.3 Å². The summed E-state index contributed by atoms with van der Waals surface area (Å²) < 4.78 is 5.46. The maximum Gasteiger partial charge on any atom is 0.255 e. The number of halogens is 1. The monoisotopic (exact) mass is 348 g/mol. The second-order valence-electron chi connectivity index (χ2n) is 5.36. The number of aliphatic hydroxyl groups is 1. The third-order valence-electron chi connectivity index (χ3n) is 3.52. The molecule has 2 N–H and O–H groups in total. The lowest BCUT2D eigenvalue weighted by molar-refractivity contribution is 0.0936. The fraction of sp³-hybridized carbons (Fsp3) is 0.333. The summed E-state index contributed by atoms with van der Waals surface area (Å²) in [7, 11) is 0. The third kappa shape index (κ3) is 5.22. The van der Waals surface area contributed by atoms with Gasteiger partial charge >= 0.3 is 0 Å². The summed E-state index contributed by atoms with van der Waals surface area (Å²) >= 11 is 5.95. The van der Waals surface area contributed by atoms with Crippen LogP contribution in [0, 0.1) is 5.92 Å². The molecule has 1 heterocycles. The van der Waals surface area contributed by atoms with Crippen molar-refractivity contribution in [2.45, 2.75) is 13.3 Å². The van der Waals surface area contributed by atoms with Crippen molar-refractivity contribution in [1.29, 1.82) is 0 Å². The van der Waals surface area contributed by atoms with Crippen LogP contribution in [0.15, 0.2) is 42.6 Å². The smallest absolute Gasteiger partial charge is 0.255 e. The van der Waals surface area contributed by atoms with E-state index >= 15 is 0 Å². The molecule has 1 aromatic carbocycles. The highest BCUT2D eigenvalue weighted by atomic mass is 35.5. The number of nitrogens with one attached hydrogen (secondary N) is 1. The van der Waals surface area contributed by atoms with E-state index in [4.69, 9.17) is 16.3 Å². The van der Waals surface area contributed by atoms with Crippen LogP contribution >= 0.6 is 11.6 Å². The zero-order valence-electron chi connectivity index (χ0n) is 13.5. The Balaban J connectivity index is 1.98. The van der Waals surface area contributed by atoms with Crippen LogP contribution in [-0.2, 0) is 6.42 Å². The van der Waals surface area contributed by atoms with Crippen molar-refractivity contribution in [3.63, 3.8) is 0 Å². The fourth-order valence-electron chi connectivity index (χ4n) is 2.31. The number of carbonyl (C=O) groups excluding carboxylic acids is 1. The van der Waals surface area contributed by atoms with Gasteiger partial charge in [0.05, 0.1) is 12.2 Å². The van der Waals surface area contributed by atoms with Gasteiger partial charge in [-0.25, -0.2) is 0 Å². The number of rotatable bonds is 8. The molecule has 128 valence electrons. The number of pyridine rings is 1. The van der Waals surface area contributed by atoms with Gasteiger partial charge < -0.3 is 15.2 Å². The predicted octanol–water partition coefficient (Wildman–Crippen LogP) is 2.71. The summed E-state index contributed by atoms with van der Waals surface area (Å²) in [6.45, 7) is 2.60. The van der Waals surface area contributed by atoms with Crippen LogP contribution in [0.25, 0.3) is 0 Å². The van der Waals surface area contributed by atoms with Crippen LogP contribution in [0.3, 0.4) is 0 Å². The van der Waals surface area contributed by atoms with Crippen LogP contribution in [0.4, 0.5) is 0 Å². The number of ether oxygens (including phenoxy) is 1. The van der Waals surface area contributed by atoms with E-state index in [1.54, 1.807) is 24.4 Å². The second kappa shape index (κ2) is 9.25. The zero-order valence-corrected chi connectivity index (χ0v) is 14.3. The highest BCUT2D eigenvalue weighted by molar-refractivity contribution is 6.30. The van der Waals surface area contributed by atoms with Gasteiger partial charge in [-0.3, -0.25) is 9.78 Å². The Morgan fingerprint density at radius 1 is 1.38 bits per heavy atom. The number of aliphatic hydroxyl groups excluding tert-OH is 1. The van der Waals surface area contributed by atoms with E-state index in [1.165, 1.54) is 0 Å². The van der Waals surface area contributed by atoms with Crippen molar-refractivity contribution in [2.75, 3.05) is 19.8 Å². The molecule has 0 spiro atoms. The maximum atomic E-state index is 12.4. The lowest BCUT2D eigenvalue weighted by atomic mass is 10.0. The van der Waals surface area contributed by atoms with E-state index in [0.717, 1.165) is 5.69 Å². The van der Waals surface area contributed by atoms with Crippen LogP contribution < -0.4 is 10.1 Å². The zero-order chi connectivity index (χ0) is 17.4. The van der Waals surface area contributed by atoms with Crippen molar-refractivity contribution < 1.29 is 14.6 Å². The van der Waals surface area contributed by atoms with Gasteiger partial charge in [0.15, 0.2) is 0 Å². The summed E-state index contributed by atoms with van der Waals surface area (Å²) in [6.07, 6.45) is 2.31. The number of hydrogen-bond donors (Lipinski definition) is 2. The third-order valence-corrected chi connectivity index (χ3v) is 3.76. The lowest BCUT2D eigenvalue weighted by Crippen LogP contribution is -2.32. The molecule has 1 amide bonds. The Morgan fingerprint density at radius 2 is 2.21 bits per heavy atom. The molecule has 24 heavy (non-hydrogen) atoms. The summed E-state index contributed by atoms with van der Waals surface area (Å²) in [5, 5.41) is 12.9. The van der Waals surface area contributed by atoms with E-state index in [9.17, 15) is 9.90 Å². The first-order valence-corrected chi connectivity index (χ1v) is 8.23. The molecule has 5 nitrogen and oxygen atoms in total. The van der Waals surface area contributed by atoms with Gasteiger partial charge in [-0.2, -0.15) is 0 Å². The van der Waals surface area contributed by atoms with Gasteiger partial charge in [-0.15, -0.1) is 0 Å². The molecule has 2 rings (SSSR count). The summed E-state index contributed by atoms with van der Waals surface area (Å²) in [4.78, 5) is 16.6. The molecule has 0 aliphatic heterocycles. The van der Waals surface area contributed by atoms with E-state index in [0.29, 0.717) is 35.9 Å². The van der Waals surface area contributed by atoms with Crippen molar-refractivity contribution >= 4 is 17.5 Å². The van der Waals surface area contributed by atoms with Gasteiger partial charge in [-0.1, -0.05) is 17.7 Å². The molecular weight excluding hydrogens is 328 g/mol. The maximum absolute atomic E-state index is 12.4. The van der Waals surface area contributed by atoms with Crippen molar-refractivity contribution in [2.24, 2.45) is 5.92 Å². The molecule has 0 bridgehead atoms. The second-order valence-corrected chi connectivity index (χ2v) is 5.79. The number of nitrogens with zero attached hydrogens (tertiary/aromatic N) is 1. The van der Waals surface area contributed by atoms with Crippen LogP contribution in [-0.4, -0.2) is 35.8 Å². The molecule has 0 fully saturated rings. The van der Waals surface area contributed by atoms with E-state index < -0.39 is 0 Å². The molecule has 0 saturated heterocycles. The molecule has 0 aliphatic carbocycles. The van der Waals surface area contributed by atoms with Crippen LogP contribution in [0.5, 0.6) is 5.75 Å². The summed E-state index contributed by atoms with van der Waals surface area (Å²) in [5.74, 6) is 0.0917. The van der Waals surface area contributed by atoms with E-state index in [2.05, 4.69) is 10.3 Å². The highest BCUT2D eigenvalue weighted by Gasteiger charge is 2.16. The first-order valence-electron chi connectivity index (χ1n) is 7.85. The standard InChI is InChI=1S/C18H21ClN2O3/c1-2-24-17-10-14(19)6-7-16(17)18(23)21-11-13(12-22)9-15-5-3-4-8-20-15/h3-8,10,13,22H,2,9,11-12H2,1H3,(H,21,23). The summed E-state index contributed by atoms with van der Waals surface area (Å²) in [5.41, 5.74) is 1.31. The minimum absolute atomic E-state index is 0.0320. The number of hydrogen-bond acceptors (Lipinski definition) is 4. The number of aromatic nitrogens is 1. The molecule has 6 heteroatoms. The Hall–Kier alpha value is -2.11. The average molecular weight is 349 g/mol. The topological polar surface area (TPSA) is 71.5 Å². The van der Waals surface area contributed by atoms with Crippen LogP contribution in [0.2, 0.25) is 5.02 Å². The quantitative estimate of drug-likeness (QED) is 0.769. The summed E-state index contributed by atoms with van der Waals surface area (Å²) in [6, 6.07) is 10.5. The van der Waals surface area contributed by atoms with E-state index in [1.807, 2.05) is 25.1 Å². The normalized spacial score (nSPS) is 11.8. The van der Waals surface area contributed by atoms with Crippen molar-refractivity contribution in [3.05, 3.63) is 58.9 Å². The van der Waals surface area contributed by atoms with Gasteiger partial charge in [0.1, 0.15) is 5.75 Å². The highest BCUT2D eigenvalue weighted by Crippen LogP contribution is 2.23. The Morgan fingerprint density at radius 3 is 2.88 bits per heavy atom. The van der Waals surface area contributed by atoms with Gasteiger partial charge in [0.2, 0.25) is 0 Å². The largest absolute Gasteiger partial charge is 0.493 e. The van der Waals surface area contributed by atoms with Crippen LogP contribution in [0.1, 0.15) is 23.0 Å². The van der Waals surface area contributed by atoms with Gasteiger partial charge in [0.25, 0.3) is 5.91 Å². The Labute approximate surface area is 146 Å². The number of carbonyl (C=O) groups is 1. The Kier molecular flexibility index (Phi) is 7.03. The SMILES string of the molecule is CCOc1cc(Cl)ccc1C(=O)NCC(CO)Cc1ccccn1. The molecule has 1 atom stereocenters. The molecular formula is C18H21ClN2O3.